The first kappa shape index (κ1) is 16.8. The van der Waals surface area contributed by atoms with Crippen molar-refractivity contribution in [2.24, 2.45) is 0 Å². The standard InChI is InChI=1S/C16H14Cl2FN3O2/c1-16(19)13(4-3-9(17)14(16)18)22-15-8-5-11(23)12(24-2)6-10(8)20-7-21-15/h3-7,13,23H,1-2H3,(H,20,21,22)/t13?,16-/m0/s1. The van der Waals surface area contributed by atoms with Crippen molar-refractivity contribution in [1.29, 1.82) is 0 Å². The Balaban J connectivity index is 2.02. The van der Waals surface area contributed by atoms with Crippen LogP contribution < -0.4 is 10.1 Å². The van der Waals surface area contributed by atoms with Crippen molar-refractivity contribution in [1.82, 2.24) is 9.97 Å². The van der Waals surface area contributed by atoms with Gasteiger partial charge in [-0.1, -0.05) is 29.3 Å². The SMILES string of the molecule is COc1cc2ncnc(NC3C=CC(Cl)=C(Cl)[C@@]3(C)F)c2cc1O. The summed E-state index contributed by atoms with van der Waals surface area (Å²) in [7, 11) is 1.45. The molecule has 5 nitrogen and oxygen atoms in total. The van der Waals surface area contributed by atoms with Gasteiger partial charge in [0.25, 0.3) is 0 Å². The van der Waals surface area contributed by atoms with Gasteiger partial charge in [0.05, 0.1) is 28.7 Å². The quantitative estimate of drug-likeness (QED) is 0.851. The number of anilines is 1. The minimum absolute atomic E-state index is 0.0639. The molecule has 2 atom stereocenters. The van der Waals surface area contributed by atoms with E-state index in [-0.39, 0.29) is 21.6 Å². The monoisotopic (exact) mass is 369 g/mol. The van der Waals surface area contributed by atoms with Gasteiger partial charge < -0.3 is 15.2 Å². The second kappa shape index (κ2) is 6.11. The number of aromatic hydroxyl groups is 1. The van der Waals surface area contributed by atoms with E-state index in [0.717, 1.165) is 0 Å². The van der Waals surface area contributed by atoms with Gasteiger partial charge in [-0.2, -0.15) is 0 Å². The number of ether oxygens (including phenoxy) is 1. The number of nitrogens with zero attached hydrogens (tertiary/aromatic N) is 2. The number of methoxy groups -OCH3 is 1. The molecule has 3 rings (SSSR count). The van der Waals surface area contributed by atoms with Crippen molar-refractivity contribution in [3.05, 3.63) is 40.7 Å². The summed E-state index contributed by atoms with van der Waals surface area (Å²) >= 11 is 11.9. The maximum atomic E-state index is 15.0. The molecule has 1 heterocycles. The number of aromatic nitrogens is 2. The number of benzene rings is 1. The lowest BCUT2D eigenvalue weighted by Crippen LogP contribution is -2.42. The zero-order valence-electron chi connectivity index (χ0n) is 12.8. The zero-order chi connectivity index (χ0) is 17.5. The first-order chi connectivity index (χ1) is 11.3. The summed E-state index contributed by atoms with van der Waals surface area (Å²) in [5, 5.41) is 13.6. The van der Waals surface area contributed by atoms with Gasteiger partial charge >= 0.3 is 0 Å². The fourth-order valence-corrected chi connectivity index (χ4v) is 2.92. The third-order valence-corrected chi connectivity index (χ3v) is 4.87. The van der Waals surface area contributed by atoms with Crippen LogP contribution >= 0.6 is 23.2 Å². The number of hydrogen-bond donors (Lipinski definition) is 2. The Labute approximate surface area is 147 Å². The first-order valence-electron chi connectivity index (χ1n) is 7.05. The molecule has 1 aliphatic rings. The molecule has 0 saturated heterocycles. The minimum atomic E-state index is -1.90. The lowest BCUT2D eigenvalue weighted by Gasteiger charge is -2.32. The fraction of sp³-hybridized carbons (Fsp3) is 0.250. The number of phenols is 1. The van der Waals surface area contributed by atoms with E-state index in [4.69, 9.17) is 27.9 Å². The Morgan fingerprint density at radius 1 is 1.33 bits per heavy atom. The maximum absolute atomic E-state index is 15.0. The number of fused-ring (bicyclic) bond motifs is 1. The molecule has 126 valence electrons. The zero-order valence-corrected chi connectivity index (χ0v) is 14.4. The number of nitrogens with one attached hydrogen (secondary N) is 1. The van der Waals surface area contributed by atoms with Crippen LogP contribution in [0.5, 0.6) is 11.5 Å². The average Bonchev–Trinajstić information content (AvgIpc) is 2.55. The van der Waals surface area contributed by atoms with Crippen molar-refractivity contribution in [3.63, 3.8) is 0 Å². The van der Waals surface area contributed by atoms with E-state index in [9.17, 15) is 9.50 Å². The molecule has 1 aromatic heterocycles. The number of rotatable bonds is 3. The smallest absolute Gasteiger partial charge is 0.168 e. The molecule has 1 unspecified atom stereocenters. The second-order valence-electron chi connectivity index (χ2n) is 5.48. The van der Waals surface area contributed by atoms with E-state index in [1.54, 1.807) is 12.1 Å². The number of allylic oxidation sites excluding steroid dienone is 2. The van der Waals surface area contributed by atoms with E-state index in [2.05, 4.69) is 15.3 Å². The molecule has 0 fully saturated rings. The van der Waals surface area contributed by atoms with Gasteiger partial charge in [0.15, 0.2) is 17.2 Å². The third-order valence-electron chi connectivity index (χ3n) is 3.89. The predicted molar refractivity (Wildman–Crippen MR) is 92.6 cm³/mol. The van der Waals surface area contributed by atoms with Crippen LogP contribution in [0.2, 0.25) is 0 Å². The Morgan fingerprint density at radius 2 is 2.08 bits per heavy atom. The van der Waals surface area contributed by atoms with E-state index in [0.29, 0.717) is 16.7 Å². The molecule has 0 radical (unpaired) electrons. The molecule has 8 heteroatoms. The third kappa shape index (κ3) is 2.76. The Bertz CT molecular complexity index is 868. The molecule has 2 aromatic rings. The van der Waals surface area contributed by atoms with Crippen LogP contribution in [0.3, 0.4) is 0 Å². The van der Waals surface area contributed by atoms with Gasteiger partial charge in [-0.15, -0.1) is 0 Å². The van der Waals surface area contributed by atoms with Crippen LogP contribution in [0.1, 0.15) is 6.92 Å². The molecular formula is C16H14Cl2FN3O2. The van der Waals surface area contributed by atoms with Gasteiger partial charge in [0, 0.05) is 11.5 Å². The van der Waals surface area contributed by atoms with Crippen LogP contribution in [0.4, 0.5) is 10.2 Å². The fourth-order valence-electron chi connectivity index (χ4n) is 2.49. The highest BCUT2D eigenvalue weighted by Gasteiger charge is 2.40. The predicted octanol–water partition coefficient (Wildman–Crippen LogP) is 4.11. The normalized spacial score (nSPS) is 23.6. The minimum Gasteiger partial charge on any atom is -0.504 e. The largest absolute Gasteiger partial charge is 0.504 e. The molecule has 2 N–H and O–H groups in total. The summed E-state index contributed by atoms with van der Waals surface area (Å²) in [6.45, 7) is 1.34. The van der Waals surface area contributed by atoms with Crippen LogP contribution in [-0.2, 0) is 0 Å². The number of halogens is 3. The Hall–Kier alpha value is -2.05. The summed E-state index contributed by atoms with van der Waals surface area (Å²) in [5.41, 5.74) is -1.36. The van der Waals surface area contributed by atoms with E-state index in [1.807, 2.05) is 0 Å². The average molecular weight is 370 g/mol. The first-order valence-corrected chi connectivity index (χ1v) is 7.81. The van der Waals surface area contributed by atoms with Crippen LogP contribution in [0.25, 0.3) is 10.9 Å². The van der Waals surface area contributed by atoms with Crippen LogP contribution in [-0.4, -0.2) is 33.9 Å². The Kier molecular flexibility index (Phi) is 4.27. The van der Waals surface area contributed by atoms with Gasteiger partial charge in [-0.05, 0) is 19.1 Å². The number of alkyl halides is 1. The molecule has 0 saturated carbocycles. The van der Waals surface area contributed by atoms with Crippen molar-refractivity contribution in [2.75, 3.05) is 12.4 Å². The lowest BCUT2D eigenvalue weighted by molar-refractivity contribution is 0.234. The van der Waals surface area contributed by atoms with Crippen molar-refractivity contribution < 1.29 is 14.2 Å². The van der Waals surface area contributed by atoms with Crippen molar-refractivity contribution in [2.45, 2.75) is 18.6 Å². The highest BCUT2D eigenvalue weighted by Crippen LogP contribution is 2.39. The van der Waals surface area contributed by atoms with Crippen LogP contribution in [0, 0.1) is 0 Å². The second-order valence-corrected chi connectivity index (χ2v) is 6.27. The van der Waals surface area contributed by atoms with Crippen LogP contribution in [0.15, 0.2) is 40.7 Å². The summed E-state index contributed by atoms with van der Waals surface area (Å²) < 4.78 is 20.0. The number of phenolic OH excluding ortho intramolecular Hbond substituents is 1. The molecule has 0 aliphatic heterocycles. The summed E-state index contributed by atoms with van der Waals surface area (Å²) in [4.78, 5) is 8.28. The van der Waals surface area contributed by atoms with Crippen molar-refractivity contribution in [3.8, 4) is 11.5 Å². The van der Waals surface area contributed by atoms with E-state index < -0.39 is 11.7 Å². The molecule has 1 aliphatic carbocycles. The number of hydrogen-bond acceptors (Lipinski definition) is 5. The Morgan fingerprint density at radius 3 is 2.79 bits per heavy atom. The summed E-state index contributed by atoms with van der Waals surface area (Å²) in [6.07, 6.45) is 4.45. The van der Waals surface area contributed by atoms with Gasteiger partial charge in [0.1, 0.15) is 12.1 Å². The van der Waals surface area contributed by atoms with E-state index in [1.165, 1.54) is 32.5 Å². The molecule has 0 amide bonds. The summed E-state index contributed by atoms with van der Waals surface area (Å²) in [5.74, 6) is 0.586. The molecule has 0 spiro atoms. The molecule has 0 bridgehead atoms. The topological polar surface area (TPSA) is 67.3 Å². The summed E-state index contributed by atoms with van der Waals surface area (Å²) in [6, 6.07) is 2.25. The van der Waals surface area contributed by atoms with Gasteiger partial charge in [-0.25, -0.2) is 14.4 Å². The van der Waals surface area contributed by atoms with Crippen molar-refractivity contribution >= 4 is 39.9 Å². The van der Waals surface area contributed by atoms with E-state index >= 15 is 0 Å². The molecule has 1 aromatic carbocycles. The maximum Gasteiger partial charge on any atom is 0.168 e. The van der Waals surface area contributed by atoms with Gasteiger partial charge in [-0.3, -0.25) is 0 Å². The lowest BCUT2D eigenvalue weighted by atomic mass is 9.93. The molecular weight excluding hydrogens is 356 g/mol. The van der Waals surface area contributed by atoms with Gasteiger partial charge in [0.2, 0.25) is 0 Å². The molecule has 24 heavy (non-hydrogen) atoms. The highest BCUT2D eigenvalue weighted by molar-refractivity contribution is 6.41. The highest BCUT2D eigenvalue weighted by atomic mass is 35.5.